The lowest BCUT2D eigenvalue weighted by molar-refractivity contribution is -0.120. The van der Waals surface area contributed by atoms with E-state index < -0.39 is 23.1 Å². The molecule has 0 fully saturated rings. The molecule has 0 aliphatic heterocycles. The summed E-state index contributed by atoms with van der Waals surface area (Å²) in [6.07, 6.45) is 1.24. The predicted octanol–water partition coefficient (Wildman–Crippen LogP) is 3.45. The molecule has 1 aromatic rings. The summed E-state index contributed by atoms with van der Waals surface area (Å²) >= 11 is 1.56. The fraction of sp³-hybridized carbons (Fsp3) is 0.417. The van der Waals surface area contributed by atoms with Crippen molar-refractivity contribution in [2.75, 3.05) is 5.32 Å². The monoisotopic (exact) mass is 404 g/mol. The Balaban J connectivity index is 0.00000324. The molecule has 19 heavy (non-hydrogen) atoms. The van der Waals surface area contributed by atoms with Crippen molar-refractivity contribution >= 4 is 46.6 Å². The second-order valence-corrected chi connectivity index (χ2v) is 5.45. The number of nitrogens with two attached hydrogens (primary N) is 1. The molecule has 1 rings (SSSR count). The molecular formula is C12H16ClF2IN2O. The van der Waals surface area contributed by atoms with Crippen LogP contribution in [0.5, 0.6) is 0 Å². The van der Waals surface area contributed by atoms with Crippen LogP contribution in [0.2, 0.25) is 0 Å². The molecule has 3 N–H and O–H groups in total. The quantitative estimate of drug-likeness (QED) is 0.597. The first-order chi connectivity index (χ1) is 8.27. The number of nitrogens with one attached hydrogen (secondary N) is 1. The third-order valence-corrected chi connectivity index (χ3v) is 3.56. The first-order valence-corrected chi connectivity index (χ1v) is 6.60. The van der Waals surface area contributed by atoms with E-state index in [9.17, 15) is 13.6 Å². The van der Waals surface area contributed by atoms with Crippen LogP contribution in [-0.2, 0) is 4.79 Å². The normalized spacial score (nSPS) is 13.4. The van der Waals surface area contributed by atoms with Crippen molar-refractivity contribution in [1.29, 1.82) is 0 Å². The Morgan fingerprint density at radius 3 is 2.32 bits per heavy atom. The second kappa shape index (κ2) is 7.35. The van der Waals surface area contributed by atoms with E-state index in [-0.39, 0.29) is 21.7 Å². The van der Waals surface area contributed by atoms with Crippen molar-refractivity contribution in [2.24, 2.45) is 5.73 Å². The van der Waals surface area contributed by atoms with Crippen molar-refractivity contribution in [3.63, 3.8) is 0 Å². The summed E-state index contributed by atoms with van der Waals surface area (Å²) < 4.78 is 26.5. The molecule has 108 valence electrons. The average Bonchev–Trinajstić information content (AvgIpc) is 2.25. The van der Waals surface area contributed by atoms with Gasteiger partial charge in [-0.05, 0) is 48.1 Å². The molecular weight excluding hydrogens is 388 g/mol. The zero-order valence-electron chi connectivity index (χ0n) is 10.6. The van der Waals surface area contributed by atoms with Crippen molar-refractivity contribution in [3.05, 3.63) is 27.3 Å². The van der Waals surface area contributed by atoms with Crippen LogP contribution in [0.4, 0.5) is 14.5 Å². The summed E-state index contributed by atoms with van der Waals surface area (Å²) in [6, 6.07) is 2.15. The number of carbonyl (C=O) groups is 1. The molecule has 0 heterocycles. The maximum Gasteiger partial charge on any atom is 0.244 e. The van der Waals surface area contributed by atoms with Gasteiger partial charge in [0.15, 0.2) is 0 Å². The number of carbonyl (C=O) groups excluding carboxylic acids is 1. The number of halogens is 4. The summed E-state index contributed by atoms with van der Waals surface area (Å²) in [6.45, 7) is 3.49. The minimum absolute atomic E-state index is 0. The molecule has 0 saturated heterocycles. The second-order valence-electron chi connectivity index (χ2n) is 4.38. The van der Waals surface area contributed by atoms with Crippen molar-refractivity contribution in [2.45, 2.75) is 32.2 Å². The van der Waals surface area contributed by atoms with E-state index in [2.05, 4.69) is 5.32 Å². The van der Waals surface area contributed by atoms with Crippen molar-refractivity contribution in [1.82, 2.24) is 0 Å². The van der Waals surface area contributed by atoms with Gasteiger partial charge in [-0.25, -0.2) is 8.78 Å². The van der Waals surface area contributed by atoms with Crippen LogP contribution >= 0.6 is 35.0 Å². The van der Waals surface area contributed by atoms with E-state index in [0.717, 1.165) is 18.6 Å². The maximum absolute atomic E-state index is 13.3. The molecule has 0 radical (unpaired) electrons. The van der Waals surface area contributed by atoms with Crippen molar-refractivity contribution < 1.29 is 13.6 Å². The molecule has 0 aliphatic rings. The first-order valence-electron chi connectivity index (χ1n) is 5.53. The Morgan fingerprint density at radius 1 is 1.42 bits per heavy atom. The van der Waals surface area contributed by atoms with Crippen LogP contribution in [0.1, 0.15) is 26.7 Å². The lowest BCUT2D eigenvalue weighted by Gasteiger charge is -2.22. The topological polar surface area (TPSA) is 55.1 Å². The highest BCUT2D eigenvalue weighted by molar-refractivity contribution is 14.1. The molecule has 0 aliphatic carbocycles. The highest BCUT2D eigenvalue weighted by Gasteiger charge is 2.27. The summed E-state index contributed by atoms with van der Waals surface area (Å²) in [7, 11) is 0. The van der Waals surface area contributed by atoms with Gasteiger partial charge in [0, 0.05) is 5.69 Å². The Bertz CT molecular complexity index is 446. The van der Waals surface area contributed by atoms with Gasteiger partial charge in [-0.3, -0.25) is 4.79 Å². The van der Waals surface area contributed by atoms with Crippen LogP contribution in [-0.4, -0.2) is 11.4 Å². The fourth-order valence-corrected chi connectivity index (χ4v) is 1.85. The van der Waals surface area contributed by atoms with E-state index in [1.165, 1.54) is 0 Å². The Hall–Kier alpha value is -0.470. The lowest BCUT2D eigenvalue weighted by Crippen LogP contribution is -2.48. The van der Waals surface area contributed by atoms with Gasteiger partial charge in [0.2, 0.25) is 5.91 Å². The molecule has 0 bridgehead atoms. The Morgan fingerprint density at radius 2 is 1.89 bits per heavy atom. The summed E-state index contributed by atoms with van der Waals surface area (Å²) in [5.74, 6) is -1.87. The Labute approximate surface area is 130 Å². The van der Waals surface area contributed by atoms with E-state index in [1.807, 2.05) is 6.92 Å². The van der Waals surface area contributed by atoms with E-state index in [1.54, 1.807) is 29.5 Å². The van der Waals surface area contributed by atoms with Gasteiger partial charge >= 0.3 is 0 Å². The third kappa shape index (κ3) is 4.85. The van der Waals surface area contributed by atoms with Crippen LogP contribution in [0.25, 0.3) is 0 Å². The third-order valence-electron chi connectivity index (χ3n) is 2.53. The van der Waals surface area contributed by atoms with Gasteiger partial charge in [-0.1, -0.05) is 13.3 Å². The molecule has 3 nitrogen and oxygen atoms in total. The zero-order chi connectivity index (χ0) is 13.9. The summed E-state index contributed by atoms with van der Waals surface area (Å²) in [5.41, 5.74) is 4.85. The zero-order valence-corrected chi connectivity index (χ0v) is 13.6. The number of rotatable bonds is 4. The lowest BCUT2D eigenvalue weighted by atomic mass is 9.96. The summed E-state index contributed by atoms with van der Waals surface area (Å²) in [4.78, 5) is 11.8. The minimum Gasteiger partial charge on any atom is -0.324 e. The Kier molecular flexibility index (Phi) is 7.17. The fourth-order valence-electron chi connectivity index (χ4n) is 1.53. The smallest absolute Gasteiger partial charge is 0.244 e. The predicted molar refractivity (Wildman–Crippen MR) is 82.5 cm³/mol. The van der Waals surface area contributed by atoms with Gasteiger partial charge in [0.25, 0.3) is 0 Å². The number of hydrogen-bond donors (Lipinski definition) is 2. The van der Waals surface area contributed by atoms with Gasteiger partial charge in [-0.15, -0.1) is 12.4 Å². The van der Waals surface area contributed by atoms with Crippen LogP contribution in [0.15, 0.2) is 12.1 Å². The number of anilines is 1. The number of amides is 1. The first kappa shape index (κ1) is 18.5. The van der Waals surface area contributed by atoms with Gasteiger partial charge in [0.05, 0.1) is 9.11 Å². The van der Waals surface area contributed by atoms with E-state index in [4.69, 9.17) is 5.73 Å². The van der Waals surface area contributed by atoms with Crippen LogP contribution in [0.3, 0.4) is 0 Å². The average molecular weight is 405 g/mol. The standard InChI is InChI=1S/C12H15F2IN2O.ClH/c1-3-4-12(2,16)11(18)17-7-5-8(13)10(15)9(14)6-7;/h5-6H,3-4,16H2,1-2H3,(H,17,18);1H. The van der Waals surface area contributed by atoms with E-state index >= 15 is 0 Å². The van der Waals surface area contributed by atoms with Gasteiger partial charge < -0.3 is 11.1 Å². The maximum atomic E-state index is 13.3. The number of benzene rings is 1. The molecule has 1 atom stereocenters. The summed E-state index contributed by atoms with van der Waals surface area (Å²) in [5, 5.41) is 2.43. The molecule has 1 aromatic carbocycles. The highest BCUT2D eigenvalue weighted by Crippen LogP contribution is 2.21. The van der Waals surface area contributed by atoms with Crippen LogP contribution in [0, 0.1) is 15.2 Å². The molecule has 0 spiro atoms. The SMILES string of the molecule is CCCC(C)(N)C(=O)Nc1cc(F)c(I)c(F)c1.Cl. The molecule has 1 unspecified atom stereocenters. The molecule has 0 aromatic heterocycles. The molecule has 7 heteroatoms. The van der Waals surface area contributed by atoms with Crippen molar-refractivity contribution in [3.8, 4) is 0 Å². The van der Waals surface area contributed by atoms with E-state index in [0.29, 0.717) is 6.42 Å². The van der Waals surface area contributed by atoms with Gasteiger partial charge in [-0.2, -0.15) is 0 Å². The van der Waals surface area contributed by atoms with Gasteiger partial charge in [0.1, 0.15) is 11.6 Å². The minimum atomic E-state index is -1.05. The molecule has 0 saturated carbocycles. The highest BCUT2D eigenvalue weighted by atomic mass is 127. The van der Waals surface area contributed by atoms with Crippen LogP contribution < -0.4 is 11.1 Å². The largest absolute Gasteiger partial charge is 0.324 e. The molecule has 1 amide bonds. The number of hydrogen-bond acceptors (Lipinski definition) is 2.